The zero-order chi connectivity index (χ0) is 19.9. The van der Waals surface area contributed by atoms with Crippen LogP contribution in [0, 0.1) is 25.2 Å². The topological polar surface area (TPSA) is 93.9 Å². The predicted octanol–water partition coefficient (Wildman–Crippen LogP) is 2.11. The van der Waals surface area contributed by atoms with Crippen molar-refractivity contribution < 1.29 is 9.53 Å². The van der Waals surface area contributed by atoms with E-state index in [1.54, 1.807) is 19.4 Å². The van der Waals surface area contributed by atoms with Crippen LogP contribution in [0.15, 0.2) is 18.3 Å². The van der Waals surface area contributed by atoms with Gasteiger partial charge in [-0.05, 0) is 49.1 Å². The standard InChI is InChI=1S/C20H19BN4O2/c1-5-25-9-12(8-22)17-13(7-15(19(23)26)24-20(17)25)16-10(2)6-14(21)18(27-4)11(16)3/h6-7,9H,5H2,1-4H3,(H2,23,26). The third-order valence-electron chi connectivity index (χ3n) is 4.76. The van der Waals surface area contributed by atoms with Crippen LogP contribution in [-0.4, -0.2) is 30.4 Å². The van der Waals surface area contributed by atoms with Crippen molar-refractivity contribution in [3.05, 3.63) is 40.7 Å². The number of nitriles is 1. The maximum Gasteiger partial charge on any atom is 0.267 e. The number of methoxy groups -OCH3 is 1. The van der Waals surface area contributed by atoms with E-state index in [1.807, 2.05) is 31.4 Å². The number of carbonyl (C=O) groups is 1. The summed E-state index contributed by atoms with van der Waals surface area (Å²) in [6.07, 6.45) is 1.74. The molecule has 134 valence electrons. The van der Waals surface area contributed by atoms with Crippen LogP contribution in [0.5, 0.6) is 5.75 Å². The molecule has 0 aliphatic carbocycles. The van der Waals surface area contributed by atoms with Crippen molar-refractivity contribution in [3.8, 4) is 22.9 Å². The third-order valence-corrected chi connectivity index (χ3v) is 4.76. The second kappa shape index (κ2) is 6.80. The SMILES string of the molecule is [B]c1cc(C)c(-c2cc(C(N)=O)nc3c2c(C#N)cn3CC)c(C)c1OC. The summed E-state index contributed by atoms with van der Waals surface area (Å²) >= 11 is 0. The molecule has 0 aliphatic heterocycles. The molecule has 27 heavy (non-hydrogen) atoms. The Kier molecular flexibility index (Phi) is 4.67. The lowest BCUT2D eigenvalue weighted by Crippen LogP contribution is -2.15. The molecule has 7 heteroatoms. The maximum absolute atomic E-state index is 11.9. The van der Waals surface area contributed by atoms with Crippen LogP contribution >= 0.6 is 0 Å². The Morgan fingerprint density at radius 3 is 2.67 bits per heavy atom. The van der Waals surface area contributed by atoms with E-state index in [4.69, 9.17) is 18.3 Å². The summed E-state index contributed by atoms with van der Waals surface area (Å²) in [4.78, 5) is 16.3. The van der Waals surface area contributed by atoms with Gasteiger partial charge in [-0.1, -0.05) is 11.5 Å². The highest BCUT2D eigenvalue weighted by Gasteiger charge is 2.22. The number of fused-ring (bicyclic) bond motifs is 1. The van der Waals surface area contributed by atoms with Crippen LogP contribution in [0.3, 0.4) is 0 Å². The summed E-state index contributed by atoms with van der Waals surface area (Å²) in [5, 5.41) is 10.3. The minimum Gasteiger partial charge on any atom is -0.497 e. The molecule has 0 saturated heterocycles. The van der Waals surface area contributed by atoms with Crippen molar-refractivity contribution in [2.75, 3.05) is 7.11 Å². The molecule has 2 N–H and O–H groups in total. The maximum atomic E-state index is 11.9. The monoisotopic (exact) mass is 358 g/mol. The number of aromatic nitrogens is 2. The summed E-state index contributed by atoms with van der Waals surface area (Å²) < 4.78 is 7.30. The Hall–Kier alpha value is -3.27. The zero-order valence-corrected chi connectivity index (χ0v) is 15.8. The van der Waals surface area contributed by atoms with Gasteiger partial charge in [-0.2, -0.15) is 5.26 Å². The molecule has 0 bridgehead atoms. The van der Waals surface area contributed by atoms with Gasteiger partial charge >= 0.3 is 0 Å². The fourth-order valence-corrected chi connectivity index (χ4v) is 3.62. The number of benzene rings is 1. The second-order valence-corrected chi connectivity index (χ2v) is 6.37. The number of aryl methyl sites for hydroxylation is 2. The van der Waals surface area contributed by atoms with Gasteiger partial charge in [0.05, 0.1) is 12.7 Å². The van der Waals surface area contributed by atoms with Crippen LogP contribution in [0.2, 0.25) is 0 Å². The summed E-state index contributed by atoms with van der Waals surface area (Å²) in [7, 11) is 7.64. The normalized spacial score (nSPS) is 10.8. The number of nitrogens with zero attached hydrogens (tertiary/aromatic N) is 3. The number of rotatable bonds is 4. The molecule has 1 amide bonds. The van der Waals surface area contributed by atoms with E-state index >= 15 is 0 Å². The van der Waals surface area contributed by atoms with Crippen LogP contribution in [0.4, 0.5) is 0 Å². The van der Waals surface area contributed by atoms with Crippen molar-refractivity contribution in [2.24, 2.45) is 5.73 Å². The lowest BCUT2D eigenvalue weighted by atomic mass is 9.84. The summed E-state index contributed by atoms with van der Waals surface area (Å²) in [6.45, 7) is 6.38. The van der Waals surface area contributed by atoms with Gasteiger partial charge in [0, 0.05) is 18.1 Å². The minimum atomic E-state index is -0.627. The van der Waals surface area contributed by atoms with E-state index in [1.165, 1.54) is 0 Å². The molecule has 0 saturated carbocycles. The van der Waals surface area contributed by atoms with Crippen LogP contribution in [0.25, 0.3) is 22.2 Å². The molecular formula is C20H19BN4O2. The quantitative estimate of drug-likeness (QED) is 0.723. The Bertz CT molecular complexity index is 1130. The lowest BCUT2D eigenvalue weighted by molar-refractivity contribution is 0.0996. The van der Waals surface area contributed by atoms with Gasteiger partial charge in [-0.3, -0.25) is 4.79 Å². The highest BCUT2D eigenvalue weighted by molar-refractivity contribution is 6.34. The van der Waals surface area contributed by atoms with E-state index < -0.39 is 5.91 Å². The summed E-state index contributed by atoms with van der Waals surface area (Å²) in [6, 6.07) is 5.68. The van der Waals surface area contributed by atoms with Crippen LogP contribution in [0.1, 0.15) is 34.1 Å². The minimum absolute atomic E-state index is 0.143. The highest BCUT2D eigenvalue weighted by Crippen LogP contribution is 2.38. The zero-order valence-electron chi connectivity index (χ0n) is 15.8. The number of primary amides is 1. The molecule has 0 atom stereocenters. The summed E-state index contributed by atoms with van der Waals surface area (Å²) in [5.74, 6) is -0.0622. The van der Waals surface area contributed by atoms with E-state index in [2.05, 4.69) is 11.1 Å². The molecule has 1 aromatic carbocycles. The van der Waals surface area contributed by atoms with Crippen molar-refractivity contribution in [1.82, 2.24) is 9.55 Å². The van der Waals surface area contributed by atoms with Crippen molar-refractivity contribution in [1.29, 1.82) is 5.26 Å². The Morgan fingerprint density at radius 2 is 2.11 bits per heavy atom. The van der Waals surface area contributed by atoms with Gasteiger partial charge < -0.3 is 15.0 Å². The number of pyridine rings is 1. The van der Waals surface area contributed by atoms with Gasteiger partial charge in [-0.15, -0.1) is 0 Å². The van der Waals surface area contributed by atoms with Gasteiger partial charge in [-0.25, -0.2) is 4.98 Å². The number of nitrogens with two attached hydrogens (primary N) is 1. The van der Waals surface area contributed by atoms with E-state index in [9.17, 15) is 10.1 Å². The fourth-order valence-electron chi connectivity index (χ4n) is 3.62. The van der Waals surface area contributed by atoms with Crippen molar-refractivity contribution in [2.45, 2.75) is 27.3 Å². The Labute approximate surface area is 159 Å². The molecular weight excluding hydrogens is 339 g/mol. The number of hydrogen-bond donors (Lipinski definition) is 1. The second-order valence-electron chi connectivity index (χ2n) is 6.37. The average molecular weight is 358 g/mol. The lowest BCUT2D eigenvalue weighted by Gasteiger charge is -2.18. The molecule has 2 radical (unpaired) electrons. The van der Waals surface area contributed by atoms with Crippen molar-refractivity contribution in [3.63, 3.8) is 0 Å². The van der Waals surface area contributed by atoms with E-state index in [0.29, 0.717) is 39.9 Å². The third kappa shape index (κ3) is 2.83. The molecule has 2 heterocycles. The molecule has 3 rings (SSSR count). The fraction of sp³-hybridized carbons (Fsp3) is 0.250. The first-order valence-corrected chi connectivity index (χ1v) is 8.51. The van der Waals surface area contributed by atoms with E-state index in [0.717, 1.165) is 16.7 Å². The molecule has 0 spiro atoms. The largest absolute Gasteiger partial charge is 0.497 e. The molecule has 0 aliphatic rings. The number of hydrogen-bond acceptors (Lipinski definition) is 4. The smallest absolute Gasteiger partial charge is 0.267 e. The van der Waals surface area contributed by atoms with Crippen LogP contribution < -0.4 is 15.9 Å². The first-order chi connectivity index (χ1) is 12.8. The predicted molar refractivity (Wildman–Crippen MR) is 105 cm³/mol. The summed E-state index contributed by atoms with van der Waals surface area (Å²) in [5.41, 5.74) is 10.5. The van der Waals surface area contributed by atoms with Crippen molar-refractivity contribution >= 4 is 30.2 Å². The molecule has 0 unspecified atom stereocenters. The van der Waals surface area contributed by atoms with Gasteiger partial charge in [0.15, 0.2) is 0 Å². The number of carbonyl (C=O) groups excluding carboxylic acids is 1. The molecule has 2 aromatic heterocycles. The van der Waals surface area contributed by atoms with Gasteiger partial charge in [0.2, 0.25) is 0 Å². The first-order valence-electron chi connectivity index (χ1n) is 8.51. The Balaban J connectivity index is 2.54. The van der Waals surface area contributed by atoms with Crippen LogP contribution in [-0.2, 0) is 6.54 Å². The Morgan fingerprint density at radius 1 is 1.41 bits per heavy atom. The van der Waals surface area contributed by atoms with E-state index in [-0.39, 0.29) is 5.69 Å². The van der Waals surface area contributed by atoms with Gasteiger partial charge in [0.1, 0.15) is 31.0 Å². The molecule has 0 fully saturated rings. The first kappa shape index (κ1) is 18.5. The average Bonchev–Trinajstić information content (AvgIpc) is 2.99. The number of ether oxygens (including phenoxy) is 1. The molecule has 3 aromatic rings. The highest BCUT2D eigenvalue weighted by atomic mass is 16.5. The van der Waals surface area contributed by atoms with Gasteiger partial charge in [0.25, 0.3) is 5.91 Å². The molecule has 6 nitrogen and oxygen atoms in total. The number of amides is 1.